The second-order valence-corrected chi connectivity index (χ2v) is 5.51. The van der Waals surface area contributed by atoms with Gasteiger partial charge < -0.3 is 14.6 Å². The van der Waals surface area contributed by atoms with Gasteiger partial charge in [-0.05, 0) is 40.7 Å². The standard InChI is InChI=1S/C14H22N2O3/c1-6-16(9-12(17)15-14(3,4)5)13(18)11-7-8-19-10(11)2/h7-8H,6,9H2,1-5H3,(H,15,17). The third kappa shape index (κ3) is 4.43. The van der Waals surface area contributed by atoms with Crippen LogP contribution in [-0.2, 0) is 4.79 Å². The Hall–Kier alpha value is -1.78. The van der Waals surface area contributed by atoms with Crippen molar-refractivity contribution in [1.29, 1.82) is 0 Å². The van der Waals surface area contributed by atoms with Crippen LogP contribution in [0.3, 0.4) is 0 Å². The zero-order chi connectivity index (χ0) is 14.6. The summed E-state index contributed by atoms with van der Waals surface area (Å²) < 4.78 is 5.12. The maximum absolute atomic E-state index is 12.2. The summed E-state index contributed by atoms with van der Waals surface area (Å²) in [4.78, 5) is 25.6. The Morgan fingerprint density at radius 1 is 1.37 bits per heavy atom. The highest BCUT2D eigenvalue weighted by Crippen LogP contribution is 2.12. The molecule has 1 aromatic rings. The fourth-order valence-corrected chi connectivity index (χ4v) is 1.74. The van der Waals surface area contributed by atoms with Crippen molar-refractivity contribution in [2.45, 2.75) is 40.2 Å². The van der Waals surface area contributed by atoms with E-state index >= 15 is 0 Å². The highest BCUT2D eigenvalue weighted by molar-refractivity contribution is 5.97. The van der Waals surface area contributed by atoms with Gasteiger partial charge in [0.05, 0.1) is 18.4 Å². The van der Waals surface area contributed by atoms with Gasteiger partial charge in [0.2, 0.25) is 5.91 Å². The first kappa shape index (κ1) is 15.3. The molecule has 0 spiro atoms. The van der Waals surface area contributed by atoms with Gasteiger partial charge in [-0.2, -0.15) is 0 Å². The molecule has 2 amide bonds. The summed E-state index contributed by atoms with van der Waals surface area (Å²) in [5.41, 5.74) is 0.205. The number of aryl methyl sites for hydroxylation is 1. The molecule has 0 aliphatic heterocycles. The van der Waals surface area contributed by atoms with Crippen molar-refractivity contribution in [3.05, 3.63) is 23.7 Å². The van der Waals surface area contributed by atoms with E-state index in [2.05, 4.69) is 5.32 Å². The maximum atomic E-state index is 12.2. The largest absolute Gasteiger partial charge is 0.469 e. The smallest absolute Gasteiger partial charge is 0.257 e. The van der Waals surface area contributed by atoms with E-state index in [0.717, 1.165) is 0 Å². The lowest BCUT2D eigenvalue weighted by Crippen LogP contribution is -2.47. The SMILES string of the molecule is CCN(CC(=O)NC(C)(C)C)C(=O)c1ccoc1C. The fourth-order valence-electron chi connectivity index (χ4n) is 1.74. The van der Waals surface area contributed by atoms with Crippen molar-refractivity contribution >= 4 is 11.8 Å². The zero-order valence-electron chi connectivity index (χ0n) is 12.2. The number of carbonyl (C=O) groups is 2. The molecule has 0 aromatic carbocycles. The number of amides is 2. The molecule has 0 aliphatic rings. The number of nitrogens with one attached hydrogen (secondary N) is 1. The third-order valence-corrected chi connectivity index (χ3v) is 2.61. The monoisotopic (exact) mass is 266 g/mol. The Morgan fingerprint density at radius 3 is 2.42 bits per heavy atom. The van der Waals surface area contributed by atoms with E-state index in [9.17, 15) is 9.59 Å². The van der Waals surface area contributed by atoms with E-state index in [-0.39, 0.29) is 23.9 Å². The lowest BCUT2D eigenvalue weighted by molar-refractivity contribution is -0.123. The molecule has 1 N–H and O–H groups in total. The van der Waals surface area contributed by atoms with Gasteiger partial charge in [-0.1, -0.05) is 0 Å². The van der Waals surface area contributed by atoms with E-state index in [1.807, 2.05) is 27.7 Å². The molecule has 5 nitrogen and oxygen atoms in total. The van der Waals surface area contributed by atoms with Gasteiger partial charge >= 0.3 is 0 Å². The molecule has 0 bridgehead atoms. The Morgan fingerprint density at radius 2 is 2.00 bits per heavy atom. The van der Waals surface area contributed by atoms with Crippen molar-refractivity contribution < 1.29 is 14.0 Å². The summed E-state index contributed by atoms with van der Waals surface area (Å²) in [6.45, 7) is 9.82. The Kier molecular flexibility index (Phi) is 4.75. The highest BCUT2D eigenvalue weighted by atomic mass is 16.3. The molecule has 106 valence electrons. The molecule has 1 rings (SSSR count). The minimum atomic E-state index is -0.300. The lowest BCUT2D eigenvalue weighted by atomic mass is 10.1. The second-order valence-electron chi connectivity index (χ2n) is 5.51. The van der Waals surface area contributed by atoms with Crippen LogP contribution in [0.4, 0.5) is 0 Å². The molecule has 0 unspecified atom stereocenters. The van der Waals surface area contributed by atoms with Gasteiger partial charge in [0, 0.05) is 12.1 Å². The van der Waals surface area contributed by atoms with Crippen LogP contribution in [0.15, 0.2) is 16.7 Å². The summed E-state index contributed by atoms with van der Waals surface area (Å²) in [7, 11) is 0. The number of hydrogen-bond donors (Lipinski definition) is 1. The topological polar surface area (TPSA) is 62.6 Å². The normalized spacial score (nSPS) is 11.2. The molecule has 19 heavy (non-hydrogen) atoms. The Bertz CT molecular complexity index is 458. The van der Waals surface area contributed by atoms with Crippen molar-refractivity contribution in [3.63, 3.8) is 0 Å². The highest BCUT2D eigenvalue weighted by Gasteiger charge is 2.22. The number of furan rings is 1. The molecule has 0 fully saturated rings. The van der Waals surface area contributed by atoms with Crippen molar-refractivity contribution in [2.75, 3.05) is 13.1 Å². The van der Waals surface area contributed by atoms with Gasteiger partial charge in [0.25, 0.3) is 5.91 Å². The van der Waals surface area contributed by atoms with E-state index in [4.69, 9.17) is 4.42 Å². The van der Waals surface area contributed by atoms with Crippen LogP contribution in [0, 0.1) is 6.92 Å². The van der Waals surface area contributed by atoms with E-state index in [0.29, 0.717) is 17.9 Å². The van der Waals surface area contributed by atoms with Crippen LogP contribution in [-0.4, -0.2) is 35.3 Å². The number of likely N-dealkylation sites (N-methyl/N-ethyl adjacent to an activating group) is 1. The predicted octanol–water partition coefficient (Wildman–Crippen LogP) is 1.96. The van der Waals surface area contributed by atoms with Crippen LogP contribution >= 0.6 is 0 Å². The zero-order valence-corrected chi connectivity index (χ0v) is 12.2. The number of carbonyl (C=O) groups excluding carboxylic acids is 2. The number of nitrogens with zero attached hydrogens (tertiary/aromatic N) is 1. The number of hydrogen-bond acceptors (Lipinski definition) is 3. The van der Waals surface area contributed by atoms with E-state index < -0.39 is 0 Å². The fraction of sp³-hybridized carbons (Fsp3) is 0.571. The van der Waals surface area contributed by atoms with Gasteiger partial charge in [-0.25, -0.2) is 0 Å². The van der Waals surface area contributed by atoms with Gasteiger partial charge in [0.15, 0.2) is 0 Å². The molecule has 0 saturated carbocycles. The molecule has 1 aromatic heterocycles. The Labute approximate surface area is 114 Å². The third-order valence-electron chi connectivity index (χ3n) is 2.61. The van der Waals surface area contributed by atoms with Gasteiger partial charge in [0.1, 0.15) is 5.76 Å². The van der Waals surface area contributed by atoms with Crippen LogP contribution in [0.1, 0.15) is 43.8 Å². The molecular formula is C14H22N2O3. The van der Waals surface area contributed by atoms with Crippen LogP contribution < -0.4 is 5.32 Å². The van der Waals surface area contributed by atoms with Crippen molar-refractivity contribution in [2.24, 2.45) is 0 Å². The molecule has 0 saturated heterocycles. The lowest BCUT2D eigenvalue weighted by Gasteiger charge is -2.24. The summed E-state index contributed by atoms with van der Waals surface area (Å²) >= 11 is 0. The van der Waals surface area contributed by atoms with Crippen LogP contribution in [0.25, 0.3) is 0 Å². The first-order chi connectivity index (χ1) is 8.74. The van der Waals surface area contributed by atoms with Crippen LogP contribution in [0.5, 0.6) is 0 Å². The minimum Gasteiger partial charge on any atom is -0.469 e. The average molecular weight is 266 g/mol. The number of rotatable bonds is 4. The van der Waals surface area contributed by atoms with Gasteiger partial charge in [-0.15, -0.1) is 0 Å². The summed E-state index contributed by atoms with van der Waals surface area (Å²) in [6, 6.07) is 1.63. The molecule has 1 heterocycles. The molecule has 0 atom stereocenters. The van der Waals surface area contributed by atoms with Crippen molar-refractivity contribution in [1.82, 2.24) is 10.2 Å². The predicted molar refractivity (Wildman–Crippen MR) is 72.9 cm³/mol. The Balaban J connectivity index is 2.72. The summed E-state index contributed by atoms with van der Waals surface area (Å²) in [6.07, 6.45) is 1.48. The molecular weight excluding hydrogens is 244 g/mol. The molecule has 0 radical (unpaired) electrons. The van der Waals surface area contributed by atoms with Crippen LogP contribution in [0.2, 0.25) is 0 Å². The van der Waals surface area contributed by atoms with Crippen molar-refractivity contribution in [3.8, 4) is 0 Å². The summed E-state index contributed by atoms with van der Waals surface area (Å²) in [5, 5.41) is 2.84. The second kappa shape index (κ2) is 5.91. The molecule has 5 heteroatoms. The van der Waals surface area contributed by atoms with E-state index in [1.165, 1.54) is 11.2 Å². The maximum Gasteiger partial charge on any atom is 0.257 e. The minimum absolute atomic E-state index is 0.0528. The quantitative estimate of drug-likeness (QED) is 0.906. The van der Waals surface area contributed by atoms with E-state index in [1.54, 1.807) is 13.0 Å². The average Bonchev–Trinajstić information content (AvgIpc) is 2.69. The molecule has 0 aliphatic carbocycles. The first-order valence-corrected chi connectivity index (χ1v) is 6.39. The summed E-state index contributed by atoms with van der Waals surface area (Å²) in [5.74, 6) is 0.223. The van der Waals surface area contributed by atoms with Gasteiger partial charge in [-0.3, -0.25) is 9.59 Å². The first-order valence-electron chi connectivity index (χ1n) is 6.39.